The highest BCUT2D eigenvalue weighted by Crippen LogP contribution is 2.24. The number of carbonyl (C=O) groups is 1. The SMILES string of the molecule is Cc1ccc(N2CCNC2=O)cc1NCc1nnn(C(C)(C)C)n1. The van der Waals surface area contributed by atoms with Crippen LogP contribution in [0.2, 0.25) is 0 Å². The lowest BCUT2D eigenvalue weighted by molar-refractivity contribution is 0.252. The van der Waals surface area contributed by atoms with Crippen molar-refractivity contribution in [3.63, 3.8) is 0 Å². The average Bonchev–Trinajstić information content (AvgIpc) is 3.15. The fourth-order valence-corrected chi connectivity index (χ4v) is 2.46. The van der Waals surface area contributed by atoms with Crippen LogP contribution in [0.15, 0.2) is 18.2 Å². The third-order valence-corrected chi connectivity index (χ3v) is 3.88. The highest BCUT2D eigenvalue weighted by atomic mass is 16.2. The van der Waals surface area contributed by atoms with Crippen LogP contribution < -0.4 is 15.5 Å². The summed E-state index contributed by atoms with van der Waals surface area (Å²) in [6.07, 6.45) is 0. The first-order valence-electron chi connectivity index (χ1n) is 8.04. The van der Waals surface area contributed by atoms with Crippen LogP contribution in [0.3, 0.4) is 0 Å². The molecule has 2 heterocycles. The zero-order valence-corrected chi connectivity index (χ0v) is 14.5. The lowest BCUT2D eigenvalue weighted by Gasteiger charge is -2.17. The van der Waals surface area contributed by atoms with Crippen molar-refractivity contribution in [2.24, 2.45) is 0 Å². The number of nitrogens with zero attached hydrogens (tertiary/aromatic N) is 5. The molecule has 1 saturated heterocycles. The molecule has 8 nitrogen and oxygen atoms in total. The topological polar surface area (TPSA) is 88.0 Å². The molecule has 24 heavy (non-hydrogen) atoms. The first-order chi connectivity index (χ1) is 11.3. The van der Waals surface area contributed by atoms with E-state index in [1.165, 1.54) is 0 Å². The van der Waals surface area contributed by atoms with Crippen LogP contribution in [-0.2, 0) is 12.1 Å². The molecule has 128 valence electrons. The molecule has 2 amide bonds. The molecule has 0 spiro atoms. The van der Waals surface area contributed by atoms with Gasteiger partial charge in [-0.05, 0) is 50.6 Å². The minimum absolute atomic E-state index is 0.0559. The number of benzene rings is 1. The van der Waals surface area contributed by atoms with Crippen molar-refractivity contribution in [2.75, 3.05) is 23.3 Å². The Morgan fingerprint density at radius 3 is 2.75 bits per heavy atom. The van der Waals surface area contributed by atoms with Crippen LogP contribution >= 0.6 is 0 Å². The number of hydrogen-bond acceptors (Lipinski definition) is 5. The number of anilines is 2. The molecule has 0 bridgehead atoms. The first kappa shape index (κ1) is 16.2. The van der Waals surface area contributed by atoms with Crippen molar-refractivity contribution in [1.29, 1.82) is 0 Å². The van der Waals surface area contributed by atoms with Gasteiger partial charge in [-0.2, -0.15) is 4.80 Å². The van der Waals surface area contributed by atoms with Crippen LogP contribution in [0.25, 0.3) is 0 Å². The number of tetrazole rings is 1. The van der Waals surface area contributed by atoms with E-state index in [1.807, 2.05) is 45.9 Å². The van der Waals surface area contributed by atoms with E-state index in [2.05, 4.69) is 26.0 Å². The quantitative estimate of drug-likeness (QED) is 0.894. The summed E-state index contributed by atoms with van der Waals surface area (Å²) in [6.45, 7) is 9.95. The summed E-state index contributed by atoms with van der Waals surface area (Å²) < 4.78 is 0. The molecule has 1 aliphatic rings. The van der Waals surface area contributed by atoms with Gasteiger partial charge in [0.05, 0.1) is 12.1 Å². The lowest BCUT2D eigenvalue weighted by Crippen LogP contribution is -2.27. The second kappa shape index (κ2) is 6.10. The van der Waals surface area contributed by atoms with Crippen LogP contribution in [0.1, 0.15) is 32.2 Å². The average molecular weight is 329 g/mol. The van der Waals surface area contributed by atoms with Crippen molar-refractivity contribution in [1.82, 2.24) is 25.5 Å². The number of aryl methyl sites for hydroxylation is 1. The Kier molecular flexibility index (Phi) is 4.13. The van der Waals surface area contributed by atoms with Crippen molar-refractivity contribution >= 4 is 17.4 Å². The number of amides is 2. The van der Waals surface area contributed by atoms with Gasteiger partial charge >= 0.3 is 6.03 Å². The largest absolute Gasteiger partial charge is 0.377 e. The summed E-state index contributed by atoms with van der Waals surface area (Å²) in [7, 11) is 0. The molecular weight excluding hydrogens is 306 g/mol. The molecule has 0 aliphatic carbocycles. The fraction of sp³-hybridized carbons (Fsp3) is 0.500. The zero-order valence-electron chi connectivity index (χ0n) is 14.5. The van der Waals surface area contributed by atoms with Crippen molar-refractivity contribution in [2.45, 2.75) is 39.8 Å². The number of nitrogens with one attached hydrogen (secondary N) is 2. The smallest absolute Gasteiger partial charge is 0.321 e. The Morgan fingerprint density at radius 2 is 2.12 bits per heavy atom. The summed E-state index contributed by atoms with van der Waals surface area (Å²) in [5.74, 6) is 0.633. The first-order valence-corrected chi connectivity index (χ1v) is 8.04. The maximum Gasteiger partial charge on any atom is 0.321 e. The molecule has 1 aromatic heterocycles. The second-order valence-corrected chi connectivity index (χ2v) is 6.90. The summed E-state index contributed by atoms with van der Waals surface area (Å²) in [5, 5.41) is 18.7. The van der Waals surface area contributed by atoms with Gasteiger partial charge in [0.15, 0.2) is 5.82 Å². The number of hydrogen-bond donors (Lipinski definition) is 2. The summed E-state index contributed by atoms with van der Waals surface area (Å²) in [4.78, 5) is 15.2. The highest BCUT2D eigenvalue weighted by molar-refractivity contribution is 5.94. The minimum atomic E-state index is -0.190. The van der Waals surface area contributed by atoms with E-state index in [0.717, 1.165) is 16.9 Å². The molecule has 3 rings (SSSR count). The molecule has 8 heteroatoms. The van der Waals surface area contributed by atoms with Gasteiger partial charge in [-0.15, -0.1) is 10.2 Å². The van der Waals surface area contributed by atoms with Gasteiger partial charge in [0, 0.05) is 24.5 Å². The Morgan fingerprint density at radius 1 is 1.33 bits per heavy atom. The molecule has 0 unspecified atom stereocenters. The molecule has 0 radical (unpaired) electrons. The molecule has 1 fully saturated rings. The maximum absolute atomic E-state index is 11.8. The van der Waals surface area contributed by atoms with Gasteiger partial charge in [0.1, 0.15) is 0 Å². The van der Waals surface area contributed by atoms with E-state index < -0.39 is 0 Å². The van der Waals surface area contributed by atoms with Crippen LogP contribution in [-0.4, -0.2) is 39.3 Å². The van der Waals surface area contributed by atoms with Crippen molar-refractivity contribution in [3.8, 4) is 0 Å². The molecule has 0 saturated carbocycles. The Hall–Kier alpha value is -2.64. The van der Waals surface area contributed by atoms with Crippen LogP contribution in [0.4, 0.5) is 16.2 Å². The second-order valence-electron chi connectivity index (χ2n) is 6.90. The predicted octanol–water partition coefficient (Wildman–Crippen LogP) is 1.88. The van der Waals surface area contributed by atoms with Crippen molar-refractivity contribution < 1.29 is 4.79 Å². The molecule has 1 aromatic carbocycles. The van der Waals surface area contributed by atoms with Crippen LogP contribution in [0, 0.1) is 6.92 Å². The summed E-state index contributed by atoms with van der Waals surface area (Å²) in [6, 6.07) is 5.89. The highest BCUT2D eigenvalue weighted by Gasteiger charge is 2.21. The molecule has 2 N–H and O–H groups in total. The number of carbonyl (C=O) groups excluding carboxylic acids is 1. The van der Waals surface area contributed by atoms with Gasteiger partial charge in [-0.1, -0.05) is 6.07 Å². The van der Waals surface area contributed by atoms with Gasteiger partial charge in [-0.3, -0.25) is 4.90 Å². The number of aromatic nitrogens is 4. The predicted molar refractivity (Wildman–Crippen MR) is 92.1 cm³/mol. The minimum Gasteiger partial charge on any atom is -0.377 e. The van der Waals surface area contributed by atoms with Gasteiger partial charge in [0.2, 0.25) is 0 Å². The van der Waals surface area contributed by atoms with Gasteiger partial charge < -0.3 is 10.6 Å². The normalized spacial score (nSPS) is 14.8. The van der Waals surface area contributed by atoms with Gasteiger partial charge in [-0.25, -0.2) is 4.79 Å². The number of rotatable bonds is 4. The Balaban J connectivity index is 1.73. The zero-order chi connectivity index (χ0) is 17.3. The monoisotopic (exact) mass is 329 g/mol. The third kappa shape index (κ3) is 3.32. The fourth-order valence-electron chi connectivity index (χ4n) is 2.46. The van der Waals surface area contributed by atoms with Gasteiger partial charge in [0.25, 0.3) is 0 Å². The van der Waals surface area contributed by atoms with Crippen molar-refractivity contribution in [3.05, 3.63) is 29.6 Å². The third-order valence-electron chi connectivity index (χ3n) is 3.88. The molecule has 2 aromatic rings. The van der Waals surface area contributed by atoms with E-state index in [1.54, 1.807) is 9.70 Å². The molecule has 0 atom stereocenters. The maximum atomic E-state index is 11.8. The Bertz CT molecular complexity index is 747. The van der Waals surface area contributed by atoms with E-state index in [9.17, 15) is 4.79 Å². The molecule has 1 aliphatic heterocycles. The molecular formula is C16H23N7O. The van der Waals surface area contributed by atoms with E-state index >= 15 is 0 Å². The summed E-state index contributed by atoms with van der Waals surface area (Å²) >= 11 is 0. The Labute approximate surface area is 141 Å². The van der Waals surface area contributed by atoms with E-state index in [4.69, 9.17) is 0 Å². The van der Waals surface area contributed by atoms with E-state index in [0.29, 0.717) is 25.5 Å². The summed E-state index contributed by atoms with van der Waals surface area (Å²) in [5.41, 5.74) is 2.75. The van der Waals surface area contributed by atoms with E-state index in [-0.39, 0.29) is 11.6 Å². The number of urea groups is 1. The lowest BCUT2D eigenvalue weighted by atomic mass is 10.1. The standard InChI is InChI=1S/C16H23N7O/c1-11-5-6-12(22-8-7-17-15(22)24)9-13(11)18-10-14-19-21-23(20-14)16(2,3)4/h5-6,9,18H,7-8,10H2,1-4H3,(H,17,24). The van der Waals surface area contributed by atoms with Crippen LogP contribution in [0.5, 0.6) is 0 Å².